The summed E-state index contributed by atoms with van der Waals surface area (Å²) in [4.78, 5) is 26.3. The number of carbonyl (C=O) groups is 2. The standard InChI is InChI=1S/C31H32F4N4O6S/c1-44-31(41)38-28(27(18-7-9-20(32)10-8-18)19-12-21(33)14-22(34)13-19)30(40)37-26-6-2-5-25(35)29(26)45-17-24-15-36-23-4-3-11-46(42,43)39(24)16-23/h2,5-10,12-14,23-24,27-28,36H,3-4,11,15-17H2,1H3,(H,37,40)(H,38,41)/t23?,24?,27-,28-/m0/s1. The van der Waals surface area contributed by atoms with E-state index in [9.17, 15) is 31.2 Å². The van der Waals surface area contributed by atoms with Crippen molar-refractivity contribution in [2.24, 2.45) is 0 Å². The van der Waals surface area contributed by atoms with Gasteiger partial charge in [-0.25, -0.2) is 30.8 Å². The number of sulfonamides is 1. The third kappa shape index (κ3) is 7.59. The number of rotatable bonds is 9. The summed E-state index contributed by atoms with van der Waals surface area (Å²) in [5.41, 5.74) is -0.0242. The first kappa shape index (κ1) is 33.2. The number of para-hydroxylation sites is 1. The lowest BCUT2D eigenvalue weighted by atomic mass is 9.84. The van der Waals surface area contributed by atoms with Gasteiger partial charge in [0.05, 0.1) is 24.6 Å². The largest absolute Gasteiger partial charge is 0.487 e. The van der Waals surface area contributed by atoms with Crippen molar-refractivity contribution in [1.82, 2.24) is 14.9 Å². The molecule has 46 heavy (non-hydrogen) atoms. The maximum atomic E-state index is 15.2. The van der Waals surface area contributed by atoms with Crippen LogP contribution in [-0.4, -0.2) is 75.4 Å². The van der Waals surface area contributed by atoms with Gasteiger partial charge in [-0.05, 0) is 60.4 Å². The summed E-state index contributed by atoms with van der Waals surface area (Å²) < 4.78 is 95.3. The zero-order valence-corrected chi connectivity index (χ0v) is 25.5. The van der Waals surface area contributed by atoms with Gasteiger partial charge < -0.3 is 25.4 Å². The highest BCUT2D eigenvalue weighted by Gasteiger charge is 2.39. The lowest BCUT2D eigenvalue weighted by Gasteiger charge is -2.37. The molecule has 3 aromatic rings. The SMILES string of the molecule is COC(=O)N[C@H](C(=O)Nc1cccc(F)c1OCC1CNC2CCCS(=O)(=O)N1C2)[C@@H](c1ccc(F)cc1)c1cc(F)cc(F)c1. The average Bonchev–Trinajstić information content (AvgIpc) is 3.12. The van der Waals surface area contributed by atoms with Gasteiger partial charge in [0.1, 0.15) is 30.1 Å². The first-order valence-electron chi connectivity index (χ1n) is 14.5. The van der Waals surface area contributed by atoms with Crippen LogP contribution in [0.25, 0.3) is 0 Å². The molecule has 3 N–H and O–H groups in total. The van der Waals surface area contributed by atoms with Crippen molar-refractivity contribution in [3.8, 4) is 5.75 Å². The van der Waals surface area contributed by atoms with Crippen molar-refractivity contribution < 1.29 is 45.0 Å². The first-order valence-corrected chi connectivity index (χ1v) is 16.1. The number of ether oxygens (including phenoxy) is 2. The predicted octanol–water partition coefficient (Wildman–Crippen LogP) is 3.88. The third-order valence-corrected chi connectivity index (χ3v) is 9.92. The molecule has 0 spiro atoms. The third-order valence-electron chi connectivity index (χ3n) is 7.95. The van der Waals surface area contributed by atoms with E-state index in [0.29, 0.717) is 18.9 Å². The minimum atomic E-state index is -3.56. The normalized spacial score (nSPS) is 21.7. The number of benzene rings is 3. The Morgan fingerprint density at radius 3 is 2.41 bits per heavy atom. The molecular weight excluding hydrogens is 632 g/mol. The molecule has 0 aromatic heterocycles. The zero-order chi connectivity index (χ0) is 33.0. The van der Waals surface area contributed by atoms with Gasteiger partial charge in [0.2, 0.25) is 15.9 Å². The number of alkyl carbamates (subject to hydrolysis) is 1. The van der Waals surface area contributed by atoms with E-state index < -0.39 is 69.0 Å². The minimum absolute atomic E-state index is 0.00306. The Bertz CT molecular complexity index is 1670. The first-order chi connectivity index (χ1) is 21.9. The van der Waals surface area contributed by atoms with Crippen molar-refractivity contribution in [2.45, 2.75) is 36.9 Å². The van der Waals surface area contributed by atoms with Crippen LogP contribution in [0.5, 0.6) is 5.75 Å². The minimum Gasteiger partial charge on any atom is -0.487 e. The van der Waals surface area contributed by atoms with Gasteiger partial charge in [-0.3, -0.25) is 4.79 Å². The molecule has 2 saturated heterocycles. The van der Waals surface area contributed by atoms with Crippen LogP contribution in [0.2, 0.25) is 0 Å². The predicted molar refractivity (Wildman–Crippen MR) is 160 cm³/mol. The monoisotopic (exact) mass is 664 g/mol. The van der Waals surface area contributed by atoms with Gasteiger partial charge in [-0.15, -0.1) is 0 Å². The van der Waals surface area contributed by atoms with Crippen LogP contribution in [0.4, 0.5) is 28.0 Å². The number of nitrogens with zero attached hydrogens (tertiary/aromatic N) is 1. The molecule has 5 rings (SSSR count). The summed E-state index contributed by atoms with van der Waals surface area (Å²) in [5, 5.41) is 8.17. The lowest BCUT2D eigenvalue weighted by molar-refractivity contribution is -0.118. The van der Waals surface area contributed by atoms with Gasteiger partial charge in [-0.1, -0.05) is 18.2 Å². The van der Waals surface area contributed by atoms with Gasteiger partial charge in [-0.2, -0.15) is 4.31 Å². The van der Waals surface area contributed by atoms with Crippen LogP contribution in [0.1, 0.15) is 29.9 Å². The van der Waals surface area contributed by atoms with Crippen molar-refractivity contribution in [2.75, 3.05) is 37.9 Å². The van der Waals surface area contributed by atoms with Gasteiger partial charge in [0.25, 0.3) is 0 Å². The molecule has 2 fully saturated rings. The highest BCUT2D eigenvalue weighted by molar-refractivity contribution is 7.89. The molecule has 0 saturated carbocycles. The molecular formula is C31H32F4N4O6S. The second-order valence-corrected chi connectivity index (χ2v) is 13.1. The molecule has 2 aliphatic rings. The molecule has 3 aromatic carbocycles. The van der Waals surface area contributed by atoms with Crippen molar-refractivity contribution in [3.05, 3.63) is 95.1 Å². The second-order valence-electron chi connectivity index (χ2n) is 11.0. The fourth-order valence-corrected chi connectivity index (χ4v) is 7.54. The molecule has 0 radical (unpaired) electrons. The Morgan fingerprint density at radius 2 is 1.72 bits per heavy atom. The van der Waals surface area contributed by atoms with Gasteiger partial charge >= 0.3 is 6.09 Å². The number of carbonyl (C=O) groups excluding carboxylic acids is 2. The quantitative estimate of drug-likeness (QED) is 0.297. The van der Waals surface area contributed by atoms with Crippen molar-refractivity contribution in [1.29, 1.82) is 0 Å². The lowest BCUT2D eigenvalue weighted by Crippen LogP contribution is -2.58. The Hall–Kier alpha value is -4.21. The summed E-state index contributed by atoms with van der Waals surface area (Å²) in [5.74, 6) is -6.05. The van der Waals surface area contributed by atoms with Crippen LogP contribution in [0.15, 0.2) is 60.7 Å². The second kappa shape index (κ2) is 14.1. The number of halogens is 4. The summed E-state index contributed by atoms with van der Waals surface area (Å²) in [6.45, 7) is 0.283. The van der Waals surface area contributed by atoms with E-state index in [-0.39, 0.29) is 48.3 Å². The number of amides is 2. The Labute approximate surface area is 263 Å². The van der Waals surface area contributed by atoms with E-state index >= 15 is 4.39 Å². The maximum absolute atomic E-state index is 15.2. The van der Waals surface area contributed by atoms with Crippen molar-refractivity contribution >= 4 is 27.7 Å². The maximum Gasteiger partial charge on any atom is 0.407 e. The fraction of sp³-hybridized carbons (Fsp3) is 0.355. The molecule has 2 bridgehead atoms. The van der Waals surface area contributed by atoms with Gasteiger partial charge in [0.15, 0.2) is 11.6 Å². The zero-order valence-electron chi connectivity index (χ0n) is 24.6. The number of anilines is 1. The van der Waals surface area contributed by atoms with E-state index in [2.05, 4.69) is 16.0 Å². The average molecular weight is 665 g/mol. The van der Waals surface area contributed by atoms with E-state index in [4.69, 9.17) is 9.47 Å². The van der Waals surface area contributed by atoms with Crippen LogP contribution in [0.3, 0.4) is 0 Å². The Kier molecular flexibility index (Phi) is 10.1. The van der Waals surface area contributed by atoms with Crippen LogP contribution in [0, 0.1) is 23.3 Å². The number of hydrogen-bond acceptors (Lipinski definition) is 7. The Balaban J connectivity index is 1.46. The topological polar surface area (TPSA) is 126 Å². The summed E-state index contributed by atoms with van der Waals surface area (Å²) in [6, 6.07) is 8.73. The number of piperazine rings is 1. The summed E-state index contributed by atoms with van der Waals surface area (Å²) >= 11 is 0. The number of nitrogens with one attached hydrogen (secondary N) is 3. The van der Waals surface area contributed by atoms with Gasteiger partial charge in [0, 0.05) is 31.1 Å². The molecule has 0 aliphatic carbocycles. The molecule has 15 heteroatoms. The molecule has 2 heterocycles. The number of fused-ring (bicyclic) bond motifs is 2. The van der Waals surface area contributed by atoms with E-state index in [1.165, 1.54) is 28.6 Å². The highest BCUT2D eigenvalue weighted by atomic mass is 32.2. The molecule has 5 atom stereocenters. The fourth-order valence-electron chi connectivity index (χ4n) is 5.77. The van der Waals surface area contributed by atoms with E-state index in [1.807, 2.05) is 0 Å². The molecule has 2 aliphatic heterocycles. The molecule has 2 amide bonds. The molecule has 10 nitrogen and oxygen atoms in total. The summed E-state index contributed by atoms with van der Waals surface area (Å²) in [6.07, 6.45) is 0.145. The van der Waals surface area contributed by atoms with E-state index in [0.717, 1.165) is 37.4 Å². The van der Waals surface area contributed by atoms with E-state index in [1.54, 1.807) is 0 Å². The van der Waals surface area contributed by atoms with Crippen LogP contribution >= 0.6 is 0 Å². The molecule has 3 unspecified atom stereocenters. The summed E-state index contributed by atoms with van der Waals surface area (Å²) in [7, 11) is -2.51. The Morgan fingerprint density at radius 1 is 1.00 bits per heavy atom. The van der Waals surface area contributed by atoms with Crippen LogP contribution in [-0.2, 0) is 19.6 Å². The van der Waals surface area contributed by atoms with Crippen LogP contribution < -0.4 is 20.7 Å². The smallest absolute Gasteiger partial charge is 0.407 e. The van der Waals surface area contributed by atoms with Crippen molar-refractivity contribution in [3.63, 3.8) is 0 Å². The molecule has 246 valence electrons. The number of hydrogen-bond donors (Lipinski definition) is 3. The number of methoxy groups -OCH3 is 1. The highest BCUT2D eigenvalue weighted by Crippen LogP contribution is 2.33.